The number of amides is 1. The minimum Gasteiger partial charge on any atom is -0.339 e. The van der Waals surface area contributed by atoms with Crippen molar-refractivity contribution in [3.63, 3.8) is 0 Å². The van der Waals surface area contributed by atoms with E-state index in [-0.39, 0.29) is 5.91 Å². The Morgan fingerprint density at radius 1 is 1.32 bits per heavy atom. The van der Waals surface area contributed by atoms with Crippen molar-refractivity contribution in [2.24, 2.45) is 7.05 Å². The van der Waals surface area contributed by atoms with Gasteiger partial charge in [0.15, 0.2) is 5.82 Å². The van der Waals surface area contributed by atoms with Crippen LogP contribution in [0, 0.1) is 13.8 Å². The third-order valence-corrected chi connectivity index (χ3v) is 2.48. The molecule has 2 aromatic rings. The second-order valence-electron chi connectivity index (χ2n) is 4.24. The van der Waals surface area contributed by atoms with Gasteiger partial charge in [-0.05, 0) is 20.3 Å². The molecule has 8 heteroatoms. The molecule has 0 saturated carbocycles. The van der Waals surface area contributed by atoms with Crippen molar-refractivity contribution in [3.8, 4) is 0 Å². The first-order valence-electron chi connectivity index (χ1n) is 6.01. The fourth-order valence-corrected chi connectivity index (χ4v) is 1.65. The van der Waals surface area contributed by atoms with Gasteiger partial charge in [-0.15, -0.1) is 0 Å². The second kappa shape index (κ2) is 5.59. The van der Waals surface area contributed by atoms with Gasteiger partial charge < -0.3 is 4.52 Å². The van der Waals surface area contributed by atoms with Crippen LogP contribution in [0.25, 0.3) is 0 Å². The normalized spacial score (nSPS) is 10.7. The van der Waals surface area contributed by atoms with Crippen LogP contribution in [0.2, 0.25) is 0 Å². The first-order chi connectivity index (χ1) is 9.04. The molecule has 0 saturated heterocycles. The first-order valence-corrected chi connectivity index (χ1v) is 6.01. The fraction of sp³-hybridized carbons (Fsp3) is 0.545. The molecule has 0 radical (unpaired) electrons. The highest BCUT2D eigenvalue weighted by Crippen LogP contribution is 2.06. The maximum absolute atomic E-state index is 11.7. The number of nitrogens with zero attached hydrogens (tertiary/aromatic N) is 5. The highest BCUT2D eigenvalue weighted by molar-refractivity contribution is 5.88. The smallest absolute Gasteiger partial charge is 0.227 e. The van der Waals surface area contributed by atoms with Crippen LogP contribution >= 0.6 is 0 Å². The largest absolute Gasteiger partial charge is 0.339 e. The third kappa shape index (κ3) is 3.60. The average Bonchev–Trinajstić information content (AvgIpc) is 2.86. The fourth-order valence-electron chi connectivity index (χ4n) is 1.65. The van der Waals surface area contributed by atoms with Crippen LogP contribution in [0.3, 0.4) is 0 Å². The Balaban J connectivity index is 1.77. The van der Waals surface area contributed by atoms with Gasteiger partial charge in [0.25, 0.3) is 0 Å². The van der Waals surface area contributed by atoms with Crippen LogP contribution in [-0.2, 0) is 18.3 Å². The summed E-state index contributed by atoms with van der Waals surface area (Å²) in [5.41, 5.74) is 0. The highest BCUT2D eigenvalue weighted by Gasteiger charge is 2.09. The number of nitrogens with one attached hydrogen (secondary N) is 1. The minimum absolute atomic E-state index is 0.105. The molecule has 0 atom stereocenters. The number of anilines is 1. The highest BCUT2D eigenvalue weighted by atomic mass is 16.5. The molecule has 0 unspecified atom stereocenters. The van der Waals surface area contributed by atoms with E-state index in [1.54, 1.807) is 20.9 Å². The number of carbonyl (C=O) groups is 1. The maximum atomic E-state index is 11.7. The molecule has 0 aromatic carbocycles. The predicted molar refractivity (Wildman–Crippen MR) is 66.3 cm³/mol. The molecule has 0 fully saturated rings. The standard InChI is InChI=1S/C11H16N6O2/c1-7-13-11(17(3)15-7)14-9(18)5-4-6-10-12-8(2)16-19-10/h4-6H2,1-3H3,(H,13,14,15,18). The van der Waals surface area contributed by atoms with Crippen LogP contribution in [-0.4, -0.2) is 30.8 Å². The quantitative estimate of drug-likeness (QED) is 0.856. The molecule has 2 rings (SSSR count). The van der Waals surface area contributed by atoms with Crippen molar-refractivity contribution in [2.75, 3.05) is 5.32 Å². The van der Waals surface area contributed by atoms with E-state index in [0.717, 1.165) is 0 Å². The molecule has 0 aliphatic carbocycles. The monoisotopic (exact) mass is 264 g/mol. The van der Waals surface area contributed by atoms with E-state index in [1.165, 1.54) is 4.68 Å². The van der Waals surface area contributed by atoms with Crippen LogP contribution in [0.15, 0.2) is 4.52 Å². The lowest BCUT2D eigenvalue weighted by Crippen LogP contribution is -2.15. The Morgan fingerprint density at radius 2 is 2.11 bits per heavy atom. The zero-order valence-corrected chi connectivity index (χ0v) is 11.2. The molecule has 8 nitrogen and oxygen atoms in total. The van der Waals surface area contributed by atoms with Crippen molar-refractivity contribution >= 4 is 11.9 Å². The molecule has 2 aromatic heterocycles. The van der Waals surface area contributed by atoms with Crippen molar-refractivity contribution in [1.82, 2.24) is 24.9 Å². The number of hydrogen-bond acceptors (Lipinski definition) is 6. The predicted octanol–water partition coefficient (Wildman–Crippen LogP) is 0.776. The zero-order valence-electron chi connectivity index (χ0n) is 11.2. The Morgan fingerprint density at radius 3 is 2.68 bits per heavy atom. The number of hydrogen-bond donors (Lipinski definition) is 1. The SMILES string of the molecule is Cc1noc(CCCC(=O)Nc2nc(C)nn2C)n1. The van der Waals surface area contributed by atoms with Crippen LogP contribution < -0.4 is 5.32 Å². The Labute approximate surface area is 110 Å². The third-order valence-electron chi connectivity index (χ3n) is 2.48. The molecule has 102 valence electrons. The molecule has 2 heterocycles. The molecule has 19 heavy (non-hydrogen) atoms. The number of carbonyl (C=O) groups excluding carboxylic acids is 1. The molecule has 0 spiro atoms. The Hall–Kier alpha value is -2.25. The molecular weight excluding hydrogens is 248 g/mol. The van der Waals surface area contributed by atoms with E-state index in [9.17, 15) is 4.79 Å². The van der Waals surface area contributed by atoms with E-state index in [4.69, 9.17) is 4.52 Å². The lowest BCUT2D eigenvalue weighted by atomic mass is 10.2. The van der Waals surface area contributed by atoms with Gasteiger partial charge in [-0.3, -0.25) is 10.1 Å². The summed E-state index contributed by atoms with van der Waals surface area (Å²) in [6, 6.07) is 0. The van der Waals surface area contributed by atoms with Gasteiger partial charge in [0, 0.05) is 19.9 Å². The van der Waals surface area contributed by atoms with Crippen molar-refractivity contribution in [3.05, 3.63) is 17.5 Å². The van der Waals surface area contributed by atoms with Crippen molar-refractivity contribution in [1.29, 1.82) is 0 Å². The Bertz CT molecular complexity index is 574. The van der Waals surface area contributed by atoms with Gasteiger partial charge in [-0.25, -0.2) is 4.68 Å². The summed E-state index contributed by atoms with van der Waals surface area (Å²) in [4.78, 5) is 19.9. The van der Waals surface area contributed by atoms with Crippen LogP contribution in [0.4, 0.5) is 5.95 Å². The van der Waals surface area contributed by atoms with E-state index in [0.29, 0.717) is 42.8 Å². The second-order valence-corrected chi connectivity index (χ2v) is 4.24. The first kappa shape index (κ1) is 13.2. The zero-order chi connectivity index (χ0) is 13.8. The molecule has 1 amide bonds. The van der Waals surface area contributed by atoms with Gasteiger partial charge in [-0.2, -0.15) is 15.1 Å². The van der Waals surface area contributed by atoms with E-state index < -0.39 is 0 Å². The summed E-state index contributed by atoms with van der Waals surface area (Å²) in [7, 11) is 1.73. The van der Waals surface area contributed by atoms with E-state index in [1.807, 2.05) is 0 Å². The topological polar surface area (TPSA) is 98.7 Å². The summed E-state index contributed by atoms with van der Waals surface area (Å²) in [6.07, 6.45) is 1.60. The summed E-state index contributed by atoms with van der Waals surface area (Å²) < 4.78 is 6.50. The van der Waals surface area contributed by atoms with Gasteiger partial charge in [0.2, 0.25) is 17.7 Å². The average molecular weight is 264 g/mol. The molecule has 0 bridgehead atoms. The van der Waals surface area contributed by atoms with Gasteiger partial charge >= 0.3 is 0 Å². The molecule has 0 aliphatic rings. The van der Waals surface area contributed by atoms with Gasteiger partial charge in [0.1, 0.15) is 5.82 Å². The minimum atomic E-state index is -0.105. The maximum Gasteiger partial charge on any atom is 0.227 e. The number of rotatable bonds is 5. The van der Waals surface area contributed by atoms with Gasteiger partial charge in [0.05, 0.1) is 0 Å². The van der Waals surface area contributed by atoms with E-state index in [2.05, 4.69) is 25.5 Å². The lowest BCUT2D eigenvalue weighted by molar-refractivity contribution is -0.116. The molecule has 1 N–H and O–H groups in total. The Kier molecular flexibility index (Phi) is 3.88. The van der Waals surface area contributed by atoms with Crippen molar-refractivity contribution < 1.29 is 9.32 Å². The summed E-state index contributed by atoms with van der Waals surface area (Å²) in [5, 5.41) is 10.4. The summed E-state index contributed by atoms with van der Waals surface area (Å²) in [6.45, 7) is 3.53. The van der Waals surface area contributed by atoms with E-state index >= 15 is 0 Å². The molecular formula is C11H16N6O2. The van der Waals surface area contributed by atoms with Gasteiger partial charge in [-0.1, -0.05) is 5.16 Å². The molecule has 0 aliphatic heterocycles. The number of aryl methyl sites for hydroxylation is 4. The summed E-state index contributed by atoms with van der Waals surface area (Å²) in [5.74, 6) is 2.14. The number of aromatic nitrogens is 5. The summed E-state index contributed by atoms with van der Waals surface area (Å²) >= 11 is 0. The van der Waals surface area contributed by atoms with Crippen LogP contribution in [0.1, 0.15) is 30.4 Å². The lowest BCUT2D eigenvalue weighted by Gasteiger charge is -2.02. The van der Waals surface area contributed by atoms with Crippen LogP contribution in [0.5, 0.6) is 0 Å². The van der Waals surface area contributed by atoms with Crippen molar-refractivity contribution in [2.45, 2.75) is 33.1 Å².